The minimum Gasteiger partial charge on any atom is -0.493 e. The van der Waals surface area contributed by atoms with Gasteiger partial charge < -0.3 is 14.4 Å². The van der Waals surface area contributed by atoms with Crippen molar-refractivity contribution >= 4 is 5.82 Å². The summed E-state index contributed by atoms with van der Waals surface area (Å²) in [6, 6.07) is 8.18. The van der Waals surface area contributed by atoms with Crippen LogP contribution in [0.3, 0.4) is 0 Å². The van der Waals surface area contributed by atoms with Crippen molar-refractivity contribution in [2.24, 2.45) is 0 Å². The zero-order valence-corrected chi connectivity index (χ0v) is 11.7. The van der Waals surface area contributed by atoms with E-state index in [1.165, 1.54) is 17.5 Å². The largest absolute Gasteiger partial charge is 0.493 e. The van der Waals surface area contributed by atoms with Crippen molar-refractivity contribution in [2.75, 3.05) is 25.7 Å². The fourth-order valence-corrected chi connectivity index (χ4v) is 2.34. The number of rotatable bonds is 4. The van der Waals surface area contributed by atoms with E-state index in [0.717, 1.165) is 31.1 Å². The van der Waals surface area contributed by atoms with Crippen molar-refractivity contribution in [3.05, 3.63) is 41.7 Å². The maximum atomic E-state index is 5.52. The molecular formula is C15H17N3O2. The van der Waals surface area contributed by atoms with Gasteiger partial charge in [-0.3, -0.25) is 0 Å². The molecule has 1 aromatic carbocycles. The van der Waals surface area contributed by atoms with Gasteiger partial charge in [0, 0.05) is 26.1 Å². The summed E-state index contributed by atoms with van der Waals surface area (Å²) in [6.45, 7) is 1.57. The lowest BCUT2D eigenvalue weighted by atomic mass is 10.1. The van der Waals surface area contributed by atoms with E-state index in [-0.39, 0.29) is 0 Å². The molecule has 0 unspecified atom stereocenters. The highest BCUT2D eigenvalue weighted by molar-refractivity contribution is 5.44. The predicted octanol–water partition coefficient (Wildman–Crippen LogP) is 2.06. The Morgan fingerprint density at radius 1 is 1.30 bits per heavy atom. The highest BCUT2D eigenvalue weighted by Gasteiger charge is 2.13. The lowest BCUT2D eigenvalue weighted by Crippen LogP contribution is -2.17. The first-order valence-corrected chi connectivity index (χ1v) is 6.58. The third kappa shape index (κ3) is 2.52. The van der Waals surface area contributed by atoms with Crippen LogP contribution in [0.5, 0.6) is 11.6 Å². The molecule has 5 heteroatoms. The van der Waals surface area contributed by atoms with Crippen molar-refractivity contribution in [2.45, 2.75) is 13.0 Å². The SMILES string of the molecule is COc1cc(N(C)Cc2ccc3c(c2)CCO3)ncn1. The Kier molecular flexibility index (Phi) is 3.41. The number of benzene rings is 1. The third-order valence-electron chi connectivity index (χ3n) is 3.40. The van der Waals surface area contributed by atoms with E-state index in [2.05, 4.69) is 27.0 Å². The second-order valence-electron chi connectivity index (χ2n) is 4.82. The predicted molar refractivity (Wildman–Crippen MR) is 76.3 cm³/mol. The molecule has 0 atom stereocenters. The van der Waals surface area contributed by atoms with Crippen molar-refractivity contribution in [1.29, 1.82) is 0 Å². The van der Waals surface area contributed by atoms with Gasteiger partial charge in [0.15, 0.2) is 0 Å². The molecule has 0 N–H and O–H groups in total. The lowest BCUT2D eigenvalue weighted by molar-refractivity contribution is 0.357. The Bertz CT molecular complexity index is 616. The number of nitrogens with zero attached hydrogens (tertiary/aromatic N) is 3. The van der Waals surface area contributed by atoms with Gasteiger partial charge in [-0.15, -0.1) is 0 Å². The van der Waals surface area contributed by atoms with Gasteiger partial charge in [-0.1, -0.05) is 12.1 Å². The molecule has 3 rings (SSSR count). The number of aromatic nitrogens is 2. The van der Waals surface area contributed by atoms with Crippen LogP contribution in [0.25, 0.3) is 0 Å². The van der Waals surface area contributed by atoms with Gasteiger partial charge in [-0.05, 0) is 17.2 Å². The van der Waals surface area contributed by atoms with E-state index in [1.807, 2.05) is 19.2 Å². The summed E-state index contributed by atoms with van der Waals surface area (Å²) in [7, 11) is 3.61. The molecule has 104 valence electrons. The number of anilines is 1. The van der Waals surface area contributed by atoms with Crippen LogP contribution >= 0.6 is 0 Å². The average molecular weight is 271 g/mol. The lowest BCUT2D eigenvalue weighted by Gasteiger charge is -2.18. The van der Waals surface area contributed by atoms with Crippen LogP contribution in [0.4, 0.5) is 5.82 Å². The summed E-state index contributed by atoms with van der Waals surface area (Å²) in [4.78, 5) is 10.4. The maximum absolute atomic E-state index is 5.52. The summed E-state index contributed by atoms with van der Waals surface area (Å²) < 4.78 is 10.6. The molecule has 0 saturated carbocycles. The molecule has 2 aromatic rings. The van der Waals surface area contributed by atoms with Crippen molar-refractivity contribution < 1.29 is 9.47 Å². The molecule has 0 radical (unpaired) electrons. The molecule has 0 aliphatic carbocycles. The normalized spacial score (nSPS) is 12.7. The molecule has 2 heterocycles. The molecule has 0 amide bonds. The second kappa shape index (κ2) is 5.36. The van der Waals surface area contributed by atoms with Crippen LogP contribution in [-0.4, -0.2) is 30.7 Å². The van der Waals surface area contributed by atoms with Gasteiger partial charge in [-0.25, -0.2) is 9.97 Å². The van der Waals surface area contributed by atoms with Crippen LogP contribution in [-0.2, 0) is 13.0 Å². The summed E-state index contributed by atoms with van der Waals surface area (Å²) in [5.74, 6) is 2.43. The Labute approximate surface area is 118 Å². The first-order valence-electron chi connectivity index (χ1n) is 6.58. The van der Waals surface area contributed by atoms with Crippen LogP contribution < -0.4 is 14.4 Å². The molecule has 5 nitrogen and oxygen atoms in total. The second-order valence-corrected chi connectivity index (χ2v) is 4.82. The first-order chi connectivity index (χ1) is 9.76. The zero-order valence-electron chi connectivity index (χ0n) is 11.7. The Hall–Kier alpha value is -2.30. The summed E-state index contributed by atoms with van der Waals surface area (Å²) >= 11 is 0. The highest BCUT2D eigenvalue weighted by Crippen LogP contribution is 2.26. The smallest absolute Gasteiger partial charge is 0.218 e. The van der Waals surface area contributed by atoms with Crippen molar-refractivity contribution in [3.8, 4) is 11.6 Å². The molecule has 0 spiro atoms. The van der Waals surface area contributed by atoms with Gasteiger partial charge in [-0.2, -0.15) is 0 Å². The minimum absolute atomic E-state index is 0.573. The van der Waals surface area contributed by atoms with Crippen LogP contribution in [0, 0.1) is 0 Å². The van der Waals surface area contributed by atoms with Crippen LogP contribution in [0.2, 0.25) is 0 Å². The topological polar surface area (TPSA) is 47.5 Å². The Balaban J connectivity index is 1.76. The molecule has 0 fully saturated rings. The Morgan fingerprint density at radius 3 is 3.05 bits per heavy atom. The number of hydrogen-bond acceptors (Lipinski definition) is 5. The quantitative estimate of drug-likeness (QED) is 0.851. The molecular weight excluding hydrogens is 254 g/mol. The zero-order chi connectivity index (χ0) is 13.9. The minimum atomic E-state index is 0.573. The molecule has 20 heavy (non-hydrogen) atoms. The molecule has 1 aliphatic rings. The molecule has 1 aromatic heterocycles. The van der Waals surface area contributed by atoms with E-state index < -0.39 is 0 Å². The van der Waals surface area contributed by atoms with Gasteiger partial charge in [0.05, 0.1) is 13.7 Å². The average Bonchev–Trinajstić information content (AvgIpc) is 2.95. The highest BCUT2D eigenvalue weighted by atomic mass is 16.5. The van der Waals surface area contributed by atoms with Crippen LogP contribution in [0.1, 0.15) is 11.1 Å². The van der Waals surface area contributed by atoms with E-state index in [1.54, 1.807) is 7.11 Å². The maximum Gasteiger partial charge on any atom is 0.218 e. The van der Waals surface area contributed by atoms with Crippen molar-refractivity contribution in [1.82, 2.24) is 9.97 Å². The molecule has 0 saturated heterocycles. The fourth-order valence-electron chi connectivity index (χ4n) is 2.34. The number of fused-ring (bicyclic) bond motifs is 1. The number of methoxy groups -OCH3 is 1. The third-order valence-corrected chi connectivity index (χ3v) is 3.40. The van der Waals surface area contributed by atoms with Gasteiger partial charge in [0.25, 0.3) is 0 Å². The molecule has 0 bridgehead atoms. The van der Waals surface area contributed by atoms with E-state index in [4.69, 9.17) is 9.47 Å². The summed E-state index contributed by atoms with van der Waals surface area (Å²) in [5.41, 5.74) is 2.53. The number of ether oxygens (including phenoxy) is 2. The van der Waals surface area contributed by atoms with E-state index >= 15 is 0 Å². The standard InChI is InChI=1S/C15H17N3O2/c1-18(14-8-15(19-2)17-10-16-14)9-11-3-4-13-12(7-11)5-6-20-13/h3-4,7-8,10H,5-6,9H2,1-2H3. The summed E-state index contributed by atoms with van der Waals surface area (Å²) in [5, 5.41) is 0. The van der Waals surface area contributed by atoms with E-state index in [0.29, 0.717) is 5.88 Å². The Morgan fingerprint density at radius 2 is 2.20 bits per heavy atom. The van der Waals surface area contributed by atoms with Crippen molar-refractivity contribution in [3.63, 3.8) is 0 Å². The molecule has 1 aliphatic heterocycles. The first kappa shape index (κ1) is 12.7. The van der Waals surface area contributed by atoms with Gasteiger partial charge in [0.2, 0.25) is 5.88 Å². The number of hydrogen-bond donors (Lipinski definition) is 0. The monoisotopic (exact) mass is 271 g/mol. The van der Waals surface area contributed by atoms with E-state index in [9.17, 15) is 0 Å². The van der Waals surface area contributed by atoms with Gasteiger partial charge >= 0.3 is 0 Å². The van der Waals surface area contributed by atoms with Gasteiger partial charge in [0.1, 0.15) is 17.9 Å². The summed E-state index contributed by atoms with van der Waals surface area (Å²) in [6.07, 6.45) is 2.51. The van der Waals surface area contributed by atoms with Crippen LogP contribution in [0.15, 0.2) is 30.6 Å². The fraction of sp³-hybridized carbons (Fsp3) is 0.333.